The molecule has 0 saturated heterocycles. The summed E-state index contributed by atoms with van der Waals surface area (Å²) in [5.74, 6) is 1.40. The first-order valence-electron chi connectivity index (χ1n) is 8.90. The van der Waals surface area contributed by atoms with Crippen molar-refractivity contribution in [3.8, 4) is 0 Å². The fraction of sp³-hybridized carbons (Fsp3) is 0.700. The van der Waals surface area contributed by atoms with E-state index in [1.165, 1.54) is 49.7 Å². The number of benzene rings is 1. The van der Waals surface area contributed by atoms with E-state index in [-0.39, 0.29) is 0 Å². The first-order chi connectivity index (χ1) is 10.1. The summed E-state index contributed by atoms with van der Waals surface area (Å²) in [7, 11) is 0. The van der Waals surface area contributed by atoms with E-state index < -0.39 is 0 Å². The quantitative estimate of drug-likeness (QED) is 0.516. The maximum atomic E-state index is 3.65. The fourth-order valence-corrected chi connectivity index (χ4v) is 2.77. The molecule has 1 heteroatoms. The van der Waals surface area contributed by atoms with Crippen LogP contribution in [0.3, 0.4) is 0 Å². The largest absolute Gasteiger partial charge is 0.316 e. The minimum atomic E-state index is 0.672. The van der Waals surface area contributed by atoms with Gasteiger partial charge in [-0.15, -0.1) is 0 Å². The van der Waals surface area contributed by atoms with Crippen molar-refractivity contribution in [1.82, 2.24) is 5.32 Å². The van der Waals surface area contributed by atoms with Crippen LogP contribution in [0.25, 0.3) is 0 Å². The summed E-state index contributed by atoms with van der Waals surface area (Å²) < 4.78 is 0. The number of nitrogens with one attached hydrogen (secondary N) is 1. The predicted octanol–water partition coefficient (Wildman–Crippen LogP) is 5.68. The third kappa shape index (κ3) is 8.26. The van der Waals surface area contributed by atoms with E-state index in [9.17, 15) is 0 Å². The molecule has 1 nitrogen and oxygen atoms in total. The Labute approximate surface area is 132 Å². The third-order valence-electron chi connectivity index (χ3n) is 4.15. The van der Waals surface area contributed by atoms with E-state index in [1.54, 1.807) is 0 Å². The van der Waals surface area contributed by atoms with Crippen LogP contribution >= 0.6 is 0 Å². The second-order valence-electron chi connectivity index (χ2n) is 6.86. The van der Waals surface area contributed by atoms with Gasteiger partial charge in [0.1, 0.15) is 0 Å². The van der Waals surface area contributed by atoms with E-state index >= 15 is 0 Å². The minimum Gasteiger partial charge on any atom is -0.316 e. The Morgan fingerprint density at radius 2 is 1.57 bits per heavy atom. The zero-order valence-electron chi connectivity index (χ0n) is 14.6. The third-order valence-corrected chi connectivity index (χ3v) is 4.15. The van der Waals surface area contributed by atoms with Crippen molar-refractivity contribution in [3.05, 3.63) is 35.4 Å². The summed E-state index contributed by atoms with van der Waals surface area (Å²) in [5.41, 5.74) is 2.86. The smallest absolute Gasteiger partial charge is 0.00202 e. The molecule has 0 spiro atoms. The Bertz CT molecular complexity index is 353. The Morgan fingerprint density at radius 1 is 0.905 bits per heavy atom. The van der Waals surface area contributed by atoms with Crippen LogP contribution in [0.1, 0.15) is 76.3 Å². The monoisotopic (exact) mass is 289 g/mol. The molecule has 0 fully saturated rings. The average molecular weight is 290 g/mol. The lowest BCUT2D eigenvalue weighted by molar-refractivity contribution is 0.481. The Hall–Kier alpha value is -0.820. The molecule has 0 amide bonds. The lowest BCUT2D eigenvalue weighted by atomic mass is 9.92. The summed E-state index contributed by atoms with van der Waals surface area (Å²) >= 11 is 0. The maximum Gasteiger partial charge on any atom is 0.00202 e. The van der Waals surface area contributed by atoms with Gasteiger partial charge in [-0.2, -0.15) is 0 Å². The molecule has 1 rings (SSSR count). The maximum absolute atomic E-state index is 3.65. The van der Waals surface area contributed by atoms with Gasteiger partial charge in [-0.25, -0.2) is 0 Å². The number of aryl methyl sites for hydroxylation is 1. The normalized spacial score (nSPS) is 12.8. The van der Waals surface area contributed by atoms with Gasteiger partial charge in [0.2, 0.25) is 0 Å². The summed E-state index contributed by atoms with van der Waals surface area (Å²) in [6.45, 7) is 11.2. The van der Waals surface area contributed by atoms with Crippen molar-refractivity contribution < 1.29 is 0 Å². The Balaban J connectivity index is 2.46. The standard InChI is InChI=1S/C20H35N/c1-5-6-7-8-9-10-20(16-21-15-17(2)3)19-13-11-18(4)12-14-19/h11-14,17,20-21H,5-10,15-16H2,1-4H3. The molecule has 0 aliphatic carbocycles. The Morgan fingerprint density at radius 3 is 2.19 bits per heavy atom. The summed E-state index contributed by atoms with van der Waals surface area (Å²) in [5, 5.41) is 3.65. The van der Waals surface area contributed by atoms with Crippen molar-refractivity contribution in [3.63, 3.8) is 0 Å². The van der Waals surface area contributed by atoms with Gasteiger partial charge in [-0.1, -0.05) is 82.7 Å². The first kappa shape index (κ1) is 18.2. The highest BCUT2D eigenvalue weighted by Crippen LogP contribution is 2.23. The second kappa shape index (κ2) is 10.8. The highest BCUT2D eigenvalue weighted by atomic mass is 14.9. The zero-order valence-corrected chi connectivity index (χ0v) is 14.6. The molecule has 1 atom stereocenters. The van der Waals surface area contributed by atoms with Crippen LogP contribution in [0, 0.1) is 12.8 Å². The van der Waals surface area contributed by atoms with Crippen LogP contribution in [0.2, 0.25) is 0 Å². The molecule has 120 valence electrons. The molecule has 0 radical (unpaired) electrons. The van der Waals surface area contributed by atoms with Gasteiger partial charge < -0.3 is 5.32 Å². The zero-order chi connectivity index (χ0) is 15.5. The number of unbranched alkanes of at least 4 members (excludes halogenated alkanes) is 4. The van der Waals surface area contributed by atoms with Crippen LogP contribution in [0.5, 0.6) is 0 Å². The summed E-state index contributed by atoms with van der Waals surface area (Å²) in [4.78, 5) is 0. The Kier molecular flexibility index (Phi) is 9.41. The lowest BCUT2D eigenvalue weighted by Crippen LogP contribution is -2.25. The van der Waals surface area contributed by atoms with E-state index in [4.69, 9.17) is 0 Å². The van der Waals surface area contributed by atoms with E-state index in [0.717, 1.165) is 19.0 Å². The van der Waals surface area contributed by atoms with Gasteiger partial charge in [0.15, 0.2) is 0 Å². The van der Waals surface area contributed by atoms with Gasteiger partial charge in [-0.05, 0) is 37.3 Å². The molecule has 1 N–H and O–H groups in total. The number of hydrogen-bond acceptors (Lipinski definition) is 1. The lowest BCUT2D eigenvalue weighted by Gasteiger charge is -2.19. The molecule has 0 aliphatic heterocycles. The van der Waals surface area contributed by atoms with E-state index in [1.807, 2.05) is 0 Å². The van der Waals surface area contributed by atoms with Crippen LogP contribution in [-0.2, 0) is 0 Å². The van der Waals surface area contributed by atoms with Gasteiger partial charge >= 0.3 is 0 Å². The first-order valence-corrected chi connectivity index (χ1v) is 8.90. The molecular weight excluding hydrogens is 254 g/mol. The molecule has 0 aliphatic rings. The average Bonchev–Trinajstić information content (AvgIpc) is 2.46. The van der Waals surface area contributed by atoms with Crippen molar-refractivity contribution in [1.29, 1.82) is 0 Å². The minimum absolute atomic E-state index is 0.672. The van der Waals surface area contributed by atoms with Crippen LogP contribution in [-0.4, -0.2) is 13.1 Å². The molecule has 0 bridgehead atoms. The molecule has 0 heterocycles. The van der Waals surface area contributed by atoms with Crippen molar-refractivity contribution in [2.24, 2.45) is 5.92 Å². The highest BCUT2D eigenvalue weighted by Gasteiger charge is 2.11. The SMILES string of the molecule is CCCCCCCC(CNCC(C)C)c1ccc(C)cc1. The number of hydrogen-bond donors (Lipinski definition) is 1. The van der Waals surface area contributed by atoms with Gasteiger partial charge in [0, 0.05) is 6.54 Å². The topological polar surface area (TPSA) is 12.0 Å². The predicted molar refractivity (Wildman–Crippen MR) is 95.0 cm³/mol. The summed E-state index contributed by atoms with van der Waals surface area (Å²) in [6, 6.07) is 9.15. The van der Waals surface area contributed by atoms with Crippen molar-refractivity contribution in [2.45, 2.75) is 72.1 Å². The molecule has 0 aromatic heterocycles. The van der Waals surface area contributed by atoms with Gasteiger partial charge in [0.05, 0.1) is 0 Å². The van der Waals surface area contributed by atoms with Crippen LogP contribution in [0.15, 0.2) is 24.3 Å². The van der Waals surface area contributed by atoms with Crippen molar-refractivity contribution in [2.75, 3.05) is 13.1 Å². The van der Waals surface area contributed by atoms with Crippen molar-refractivity contribution >= 4 is 0 Å². The second-order valence-corrected chi connectivity index (χ2v) is 6.86. The van der Waals surface area contributed by atoms with Crippen LogP contribution in [0.4, 0.5) is 0 Å². The number of rotatable bonds is 11. The molecule has 1 aromatic rings. The van der Waals surface area contributed by atoms with Gasteiger partial charge in [0.25, 0.3) is 0 Å². The van der Waals surface area contributed by atoms with E-state index in [2.05, 4.69) is 57.3 Å². The fourth-order valence-electron chi connectivity index (χ4n) is 2.77. The molecule has 1 unspecified atom stereocenters. The molecule has 0 saturated carbocycles. The molecular formula is C20H35N. The van der Waals surface area contributed by atoms with E-state index in [0.29, 0.717) is 5.92 Å². The van der Waals surface area contributed by atoms with Gasteiger partial charge in [-0.3, -0.25) is 0 Å². The summed E-state index contributed by atoms with van der Waals surface area (Å²) in [6.07, 6.45) is 8.19. The molecule has 21 heavy (non-hydrogen) atoms. The van der Waals surface area contributed by atoms with Crippen LogP contribution < -0.4 is 5.32 Å². The molecule has 1 aromatic carbocycles. The highest BCUT2D eigenvalue weighted by molar-refractivity contribution is 5.24.